The van der Waals surface area contributed by atoms with Crippen molar-refractivity contribution in [1.82, 2.24) is 0 Å². The van der Waals surface area contributed by atoms with Gasteiger partial charge in [-0.2, -0.15) is 0 Å². The van der Waals surface area contributed by atoms with Crippen molar-refractivity contribution in [3.05, 3.63) is 99.7 Å². The minimum atomic E-state index is 0.0410. The molecule has 1 rings (SSSR count). The number of aliphatic hydroxyl groups excluding tert-OH is 1. The van der Waals surface area contributed by atoms with Crippen LogP contribution in [0.2, 0.25) is 0 Å². The molecule has 150 valence electrons. The summed E-state index contributed by atoms with van der Waals surface area (Å²) in [5.74, 6) is 0.360. The number of rotatable bonds is 8. The summed E-state index contributed by atoms with van der Waals surface area (Å²) in [6, 6.07) is 4.52. The van der Waals surface area contributed by atoms with Gasteiger partial charge in [-0.3, -0.25) is 0 Å². The average molecular weight is 395 g/mol. The van der Waals surface area contributed by atoms with E-state index in [1.807, 2.05) is 38.2 Å². The first-order valence-corrected chi connectivity index (χ1v) is 10.1. The number of hydrogen-bond acceptors (Lipinski definition) is 2. The predicted molar refractivity (Wildman–Crippen MR) is 129 cm³/mol. The maximum absolute atomic E-state index is 9.78. The van der Waals surface area contributed by atoms with Crippen LogP contribution >= 0.6 is 12.6 Å². The lowest BCUT2D eigenvalue weighted by Crippen LogP contribution is -2.04. The van der Waals surface area contributed by atoms with Crippen molar-refractivity contribution in [2.45, 2.75) is 48.0 Å². The lowest BCUT2D eigenvalue weighted by atomic mass is 9.88. The van der Waals surface area contributed by atoms with Gasteiger partial charge in [-0.25, -0.2) is 0 Å². The number of aliphatic hydroxyl groups is 1. The van der Waals surface area contributed by atoms with Crippen molar-refractivity contribution < 1.29 is 5.11 Å². The van der Waals surface area contributed by atoms with E-state index < -0.39 is 0 Å². The normalized spacial score (nSPS) is 14.5. The Morgan fingerprint density at radius 3 is 2.32 bits per heavy atom. The van der Waals surface area contributed by atoms with E-state index in [1.165, 1.54) is 22.3 Å². The maximum atomic E-state index is 9.78. The molecule has 0 aromatic heterocycles. The Bertz CT molecular complexity index is 863. The zero-order chi connectivity index (χ0) is 21.4. The Labute approximate surface area is 177 Å². The Balaban J connectivity index is 3.35. The molecular weight excluding hydrogens is 360 g/mol. The summed E-state index contributed by atoms with van der Waals surface area (Å²) < 4.78 is 0. The van der Waals surface area contributed by atoms with Gasteiger partial charge in [0, 0.05) is 5.57 Å². The largest absolute Gasteiger partial charge is 0.508 e. The van der Waals surface area contributed by atoms with Crippen LogP contribution < -0.4 is 0 Å². The monoisotopic (exact) mass is 394 g/mol. The van der Waals surface area contributed by atoms with E-state index in [2.05, 4.69) is 71.7 Å². The SMILES string of the molecule is C=C(O)/C(=C/C)C(=C)/C=C(\C)c1cc(C)c(C)cc1CC(C)/C(S)=C/C=C\C. The van der Waals surface area contributed by atoms with Gasteiger partial charge in [0.05, 0.1) is 0 Å². The second kappa shape index (κ2) is 11.0. The summed E-state index contributed by atoms with van der Waals surface area (Å²) in [5, 5.41) is 9.78. The van der Waals surface area contributed by atoms with Crippen LogP contribution in [0.4, 0.5) is 0 Å². The van der Waals surface area contributed by atoms with Gasteiger partial charge < -0.3 is 5.11 Å². The van der Waals surface area contributed by atoms with Gasteiger partial charge in [0.15, 0.2) is 0 Å². The zero-order valence-electron chi connectivity index (χ0n) is 18.1. The summed E-state index contributed by atoms with van der Waals surface area (Å²) in [7, 11) is 0. The highest BCUT2D eigenvalue weighted by atomic mass is 32.1. The summed E-state index contributed by atoms with van der Waals surface area (Å²) in [6.07, 6.45) is 10.9. The molecule has 1 N–H and O–H groups in total. The zero-order valence-corrected chi connectivity index (χ0v) is 19.0. The fraction of sp³-hybridized carbons (Fsp3) is 0.308. The fourth-order valence-corrected chi connectivity index (χ4v) is 3.34. The van der Waals surface area contributed by atoms with Crippen molar-refractivity contribution in [3.63, 3.8) is 0 Å². The third-order valence-electron chi connectivity index (χ3n) is 4.97. The van der Waals surface area contributed by atoms with E-state index in [1.54, 1.807) is 0 Å². The van der Waals surface area contributed by atoms with E-state index in [0.717, 1.165) is 22.5 Å². The molecule has 1 unspecified atom stereocenters. The Hall–Kier alpha value is -2.19. The Morgan fingerprint density at radius 1 is 1.18 bits per heavy atom. The van der Waals surface area contributed by atoms with Crippen molar-refractivity contribution in [2.75, 3.05) is 0 Å². The van der Waals surface area contributed by atoms with Gasteiger partial charge >= 0.3 is 0 Å². The molecule has 0 saturated carbocycles. The van der Waals surface area contributed by atoms with Crippen LogP contribution in [-0.2, 0) is 6.42 Å². The molecule has 0 saturated heterocycles. The number of allylic oxidation sites excluding steroid dienone is 8. The van der Waals surface area contributed by atoms with E-state index in [4.69, 9.17) is 0 Å². The first-order chi connectivity index (χ1) is 13.1. The third kappa shape index (κ3) is 6.45. The molecule has 0 heterocycles. The van der Waals surface area contributed by atoms with Crippen LogP contribution in [-0.4, -0.2) is 5.11 Å². The Kier molecular flexibility index (Phi) is 9.34. The molecule has 0 aliphatic heterocycles. The van der Waals surface area contributed by atoms with Crippen LogP contribution in [0.5, 0.6) is 0 Å². The Morgan fingerprint density at radius 2 is 1.79 bits per heavy atom. The smallest absolute Gasteiger partial charge is 0.115 e. The molecule has 0 amide bonds. The van der Waals surface area contributed by atoms with Crippen LogP contribution in [0.1, 0.15) is 49.9 Å². The molecule has 0 fully saturated rings. The summed E-state index contributed by atoms with van der Waals surface area (Å²) in [4.78, 5) is 1.07. The molecule has 0 spiro atoms. The second-order valence-corrected chi connectivity index (χ2v) is 7.83. The van der Waals surface area contributed by atoms with Crippen LogP contribution in [0.3, 0.4) is 0 Å². The molecule has 1 aromatic carbocycles. The van der Waals surface area contributed by atoms with Crippen molar-refractivity contribution in [1.29, 1.82) is 0 Å². The van der Waals surface area contributed by atoms with Crippen molar-refractivity contribution in [2.24, 2.45) is 5.92 Å². The van der Waals surface area contributed by atoms with Gasteiger partial charge in [-0.15, -0.1) is 12.6 Å². The molecule has 0 bridgehead atoms. The number of benzene rings is 1. The molecule has 1 nitrogen and oxygen atoms in total. The quantitative estimate of drug-likeness (QED) is 0.261. The predicted octanol–water partition coefficient (Wildman–Crippen LogP) is 7.85. The molecule has 2 heteroatoms. The summed E-state index contributed by atoms with van der Waals surface area (Å²) in [5.41, 5.74) is 7.60. The lowest BCUT2D eigenvalue weighted by Gasteiger charge is -2.18. The van der Waals surface area contributed by atoms with Crippen LogP contribution in [0.15, 0.2) is 77.5 Å². The van der Waals surface area contributed by atoms with E-state index in [9.17, 15) is 5.11 Å². The number of hydrogen-bond donors (Lipinski definition) is 2. The van der Waals surface area contributed by atoms with E-state index in [0.29, 0.717) is 11.5 Å². The summed E-state index contributed by atoms with van der Waals surface area (Å²) in [6.45, 7) is 20.2. The highest BCUT2D eigenvalue weighted by molar-refractivity contribution is 7.84. The lowest BCUT2D eigenvalue weighted by molar-refractivity contribution is 0.428. The van der Waals surface area contributed by atoms with Gasteiger partial charge in [-0.05, 0) is 85.3 Å². The molecule has 1 atom stereocenters. The van der Waals surface area contributed by atoms with Crippen LogP contribution in [0.25, 0.3) is 5.57 Å². The highest BCUT2D eigenvalue weighted by Gasteiger charge is 2.13. The first-order valence-electron chi connectivity index (χ1n) is 9.66. The first kappa shape index (κ1) is 23.8. The maximum Gasteiger partial charge on any atom is 0.115 e. The average Bonchev–Trinajstić information content (AvgIpc) is 2.62. The molecule has 28 heavy (non-hydrogen) atoms. The minimum Gasteiger partial charge on any atom is -0.508 e. The third-order valence-corrected chi connectivity index (χ3v) is 5.56. The van der Waals surface area contributed by atoms with E-state index in [-0.39, 0.29) is 5.76 Å². The minimum absolute atomic E-state index is 0.0410. The van der Waals surface area contributed by atoms with Crippen molar-refractivity contribution >= 4 is 18.2 Å². The fourth-order valence-electron chi connectivity index (χ4n) is 3.16. The van der Waals surface area contributed by atoms with Gasteiger partial charge in [0.1, 0.15) is 5.76 Å². The van der Waals surface area contributed by atoms with Crippen LogP contribution in [0, 0.1) is 19.8 Å². The molecule has 1 aromatic rings. The topological polar surface area (TPSA) is 20.2 Å². The molecular formula is C26H34OS. The number of thiol groups is 1. The molecule has 0 aliphatic rings. The highest BCUT2D eigenvalue weighted by Crippen LogP contribution is 2.30. The molecule has 0 aliphatic carbocycles. The number of aryl methyl sites for hydroxylation is 2. The van der Waals surface area contributed by atoms with Gasteiger partial charge in [-0.1, -0.05) is 62.6 Å². The van der Waals surface area contributed by atoms with E-state index >= 15 is 0 Å². The summed E-state index contributed by atoms with van der Waals surface area (Å²) >= 11 is 4.68. The van der Waals surface area contributed by atoms with Gasteiger partial charge in [0.2, 0.25) is 0 Å². The van der Waals surface area contributed by atoms with Gasteiger partial charge in [0.25, 0.3) is 0 Å². The molecule has 0 radical (unpaired) electrons. The standard InChI is InChI=1S/C26H34OS/c1-9-11-12-26(28)21(7)15-23-14-17(3)18(4)16-25(23)20(6)13-19(5)24(10-2)22(8)27/h9-14,16,21,27-28H,5,8,15H2,1-4,6-7H3/b11-9-,20-13+,24-10+,26-12-. The second-order valence-electron chi connectivity index (χ2n) is 7.32. The van der Waals surface area contributed by atoms with Crippen molar-refractivity contribution in [3.8, 4) is 0 Å².